The van der Waals surface area contributed by atoms with E-state index < -0.39 is 26.6 Å². The quantitative estimate of drug-likeness (QED) is 0.0358. The van der Waals surface area contributed by atoms with Crippen molar-refractivity contribution in [2.75, 3.05) is 6.61 Å². The summed E-state index contributed by atoms with van der Waals surface area (Å²) in [6.45, 7) is 4.16. The second-order valence-corrected chi connectivity index (χ2v) is 19.8. The molecule has 59 heavy (non-hydrogen) atoms. The largest absolute Gasteiger partial charge is 0.469 e. The zero-order valence-corrected chi connectivity index (χ0v) is 40.6. The number of aliphatic hydroxyl groups is 1. The summed E-state index contributed by atoms with van der Waals surface area (Å²) in [7, 11) is -4.69. The van der Waals surface area contributed by atoms with Gasteiger partial charge in [-0.1, -0.05) is 284 Å². The van der Waals surface area contributed by atoms with Crippen LogP contribution in [-0.4, -0.2) is 39.6 Å². The van der Waals surface area contributed by atoms with Crippen LogP contribution in [0.3, 0.4) is 0 Å². The van der Waals surface area contributed by atoms with Gasteiger partial charge >= 0.3 is 7.82 Å². The van der Waals surface area contributed by atoms with Crippen LogP contribution in [0, 0.1) is 0 Å². The van der Waals surface area contributed by atoms with Gasteiger partial charge in [-0.05, 0) is 12.8 Å². The number of phosphoric ester groups is 1. The van der Waals surface area contributed by atoms with Gasteiger partial charge in [0, 0.05) is 6.42 Å². The molecule has 0 spiro atoms. The van der Waals surface area contributed by atoms with Crippen LogP contribution in [0.25, 0.3) is 0 Å². The molecule has 0 aromatic carbocycles. The third-order valence-corrected chi connectivity index (χ3v) is 13.1. The maximum atomic E-state index is 12.7. The summed E-state index contributed by atoms with van der Waals surface area (Å²) in [5.74, 6) is -0.186. The molecule has 0 rings (SSSR count). The highest BCUT2D eigenvalue weighted by molar-refractivity contribution is 7.46. The Hall–Kier alpha value is -0.460. The fourth-order valence-electron chi connectivity index (χ4n) is 8.59. The minimum Gasteiger partial charge on any atom is -0.391 e. The second-order valence-electron chi connectivity index (χ2n) is 18.6. The standard InChI is InChI=1S/C51H104NO6P/c1-3-5-7-9-11-13-15-17-18-19-20-21-22-23-24-25-26-27-28-29-30-31-32-33-35-37-39-41-43-45-47-51(54)52-49(48-58-59(55,56)57)50(53)46-44-42-40-38-36-34-16-14-12-10-8-6-4-2/h49-50,53H,3-48H2,1-2H3,(H,52,54)(H2,55,56,57)/t49-,50+/m0/s1. The van der Waals surface area contributed by atoms with Crippen LogP contribution in [0.15, 0.2) is 0 Å². The lowest BCUT2D eigenvalue weighted by Gasteiger charge is -2.24. The van der Waals surface area contributed by atoms with E-state index in [1.807, 2.05) is 0 Å². The van der Waals surface area contributed by atoms with Crippen LogP contribution in [0.1, 0.15) is 303 Å². The molecule has 0 aliphatic carbocycles. The van der Waals surface area contributed by atoms with Crippen molar-refractivity contribution in [3.05, 3.63) is 0 Å². The average molecular weight is 858 g/mol. The molecule has 0 radical (unpaired) electrons. The molecule has 0 fully saturated rings. The Balaban J connectivity index is 3.64. The summed E-state index contributed by atoms with van der Waals surface area (Å²) in [5, 5.41) is 13.6. The molecule has 8 heteroatoms. The van der Waals surface area contributed by atoms with Gasteiger partial charge in [-0.15, -0.1) is 0 Å². The van der Waals surface area contributed by atoms with Crippen molar-refractivity contribution < 1.29 is 28.8 Å². The third kappa shape index (κ3) is 48.4. The van der Waals surface area contributed by atoms with Crippen molar-refractivity contribution in [3.63, 3.8) is 0 Å². The number of carbonyl (C=O) groups excluding carboxylic acids is 1. The van der Waals surface area contributed by atoms with Crippen LogP contribution in [0.4, 0.5) is 0 Å². The molecule has 0 saturated heterocycles. The number of amides is 1. The maximum Gasteiger partial charge on any atom is 0.469 e. The topological polar surface area (TPSA) is 116 Å². The summed E-state index contributed by atoms with van der Waals surface area (Å²) in [4.78, 5) is 31.1. The van der Waals surface area contributed by atoms with E-state index in [0.29, 0.717) is 12.8 Å². The van der Waals surface area contributed by atoms with Gasteiger partial charge in [0.05, 0.1) is 18.8 Å². The van der Waals surface area contributed by atoms with E-state index >= 15 is 0 Å². The molecule has 0 bridgehead atoms. The van der Waals surface area contributed by atoms with Crippen molar-refractivity contribution in [2.45, 2.75) is 315 Å². The van der Waals surface area contributed by atoms with Crippen LogP contribution in [-0.2, 0) is 13.9 Å². The number of hydrogen-bond acceptors (Lipinski definition) is 4. The van der Waals surface area contributed by atoms with Gasteiger partial charge in [0.2, 0.25) is 5.91 Å². The molecule has 0 unspecified atom stereocenters. The highest BCUT2D eigenvalue weighted by Gasteiger charge is 2.25. The Morgan fingerprint density at radius 3 is 0.915 bits per heavy atom. The second kappa shape index (κ2) is 47.0. The smallest absolute Gasteiger partial charge is 0.391 e. The monoisotopic (exact) mass is 858 g/mol. The number of carbonyl (C=O) groups is 1. The molecule has 0 heterocycles. The van der Waals surface area contributed by atoms with Gasteiger partial charge < -0.3 is 20.2 Å². The first-order chi connectivity index (χ1) is 28.8. The van der Waals surface area contributed by atoms with Crippen molar-refractivity contribution in [3.8, 4) is 0 Å². The van der Waals surface area contributed by atoms with Crippen molar-refractivity contribution in [2.24, 2.45) is 0 Å². The summed E-state index contributed by atoms with van der Waals surface area (Å²) in [6, 6.07) is -0.819. The highest BCUT2D eigenvalue weighted by atomic mass is 31.2. The number of aliphatic hydroxyl groups excluding tert-OH is 1. The number of phosphoric acid groups is 1. The summed E-state index contributed by atoms with van der Waals surface area (Å²) in [5.41, 5.74) is 0. The molecule has 0 saturated carbocycles. The van der Waals surface area contributed by atoms with Crippen molar-refractivity contribution >= 4 is 13.7 Å². The van der Waals surface area contributed by atoms with Gasteiger partial charge in [0.1, 0.15) is 0 Å². The van der Waals surface area contributed by atoms with E-state index in [2.05, 4.69) is 19.2 Å². The molecule has 4 N–H and O–H groups in total. The zero-order valence-electron chi connectivity index (χ0n) is 39.7. The van der Waals surface area contributed by atoms with E-state index in [9.17, 15) is 24.3 Å². The van der Waals surface area contributed by atoms with Gasteiger partial charge in [0.15, 0.2) is 0 Å². The lowest BCUT2D eigenvalue weighted by atomic mass is 10.0. The highest BCUT2D eigenvalue weighted by Crippen LogP contribution is 2.36. The summed E-state index contributed by atoms with van der Waals surface area (Å²) < 4.78 is 16.0. The predicted molar refractivity (Wildman–Crippen MR) is 255 cm³/mol. The first-order valence-corrected chi connectivity index (χ1v) is 28.0. The van der Waals surface area contributed by atoms with E-state index in [0.717, 1.165) is 38.5 Å². The van der Waals surface area contributed by atoms with Gasteiger partial charge in [-0.2, -0.15) is 0 Å². The Kier molecular flexibility index (Phi) is 46.7. The molecule has 354 valence electrons. The minimum atomic E-state index is -4.69. The van der Waals surface area contributed by atoms with Crippen molar-refractivity contribution in [1.29, 1.82) is 0 Å². The van der Waals surface area contributed by atoms with Gasteiger partial charge in [-0.3, -0.25) is 9.32 Å². The van der Waals surface area contributed by atoms with Gasteiger partial charge in [-0.25, -0.2) is 4.57 Å². The van der Waals surface area contributed by atoms with E-state index in [1.54, 1.807) is 0 Å². The van der Waals surface area contributed by atoms with Gasteiger partial charge in [0.25, 0.3) is 0 Å². The predicted octanol–water partition coefficient (Wildman–Crippen LogP) is 16.5. The Labute approximate surface area is 368 Å². The molecule has 0 aliphatic heterocycles. The van der Waals surface area contributed by atoms with Crippen LogP contribution < -0.4 is 5.32 Å². The van der Waals surface area contributed by atoms with E-state index in [-0.39, 0.29) is 5.91 Å². The minimum absolute atomic E-state index is 0.186. The van der Waals surface area contributed by atoms with Crippen molar-refractivity contribution in [1.82, 2.24) is 5.32 Å². The first kappa shape index (κ1) is 58.5. The Bertz CT molecular complexity index is 884. The van der Waals surface area contributed by atoms with E-state index in [4.69, 9.17) is 4.52 Å². The molecule has 7 nitrogen and oxygen atoms in total. The lowest BCUT2D eigenvalue weighted by molar-refractivity contribution is -0.123. The number of unbranched alkanes of at least 4 members (excludes halogenated alkanes) is 41. The third-order valence-electron chi connectivity index (χ3n) is 12.6. The number of nitrogens with one attached hydrogen (secondary N) is 1. The Morgan fingerprint density at radius 2 is 0.661 bits per heavy atom. The number of hydrogen-bond donors (Lipinski definition) is 4. The van der Waals surface area contributed by atoms with E-state index in [1.165, 1.54) is 238 Å². The maximum absolute atomic E-state index is 12.7. The normalized spacial score (nSPS) is 13.0. The molecule has 0 aromatic rings. The van der Waals surface area contributed by atoms with Crippen LogP contribution in [0.5, 0.6) is 0 Å². The van der Waals surface area contributed by atoms with Crippen LogP contribution >= 0.6 is 7.82 Å². The fraction of sp³-hybridized carbons (Fsp3) is 0.980. The average Bonchev–Trinajstić information content (AvgIpc) is 3.21. The molecule has 2 atom stereocenters. The van der Waals surface area contributed by atoms with Crippen LogP contribution in [0.2, 0.25) is 0 Å². The zero-order chi connectivity index (χ0) is 43.2. The lowest BCUT2D eigenvalue weighted by Crippen LogP contribution is -2.46. The summed E-state index contributed by atoms with van der Waals surface area (Å²) >= 11 is 0. The molecule has 0 aromatic heterocycles. The Morgan fingerprint density at radius 1 is 0.424 bits per heavy atom. The SMILES string of the molecule is CCCCCCCCCCCCCCCCCCCCCCCCCCCCCCCCC(=O)N[C@@H](COP(=O)(O)O)[C@H](O)CCCCCCCCCCCCCCC. The molecule has 1 amide bonds. The molecule has 0 aliphatic rings. The summed E-state index contributed by atoms with van der Waals surface area (Å²) in [6.07, 6.45) is 57.0. The molecular weight excluding hydrogens is 754 g/mol. The number of rotatable bonds is 50. The first-order valence-electron chi connectivity index (χ1n) is 26.5. The molecular formula is C51H104NO6P. The fourth-order valence-corrected chi connectivity index (χ4v) is 8.94.